The fourth-order valence-corrected chi connectivity index (χ4v) is 4.20. The van der Waals surface area contributed by atoms with E-state index < -0.39 is 0 Å². The molecule has 5 aromatic rings. The normalized spacial score (nSPS) is 12.8. The van der Waals surface area contributed by atoms with E-state index in [-0.39, 0.29) is 0 Å². The van der Waals surface area contributed by atoms with Gasteiger partial charge in [0.2, 0.25) is 0 Å². The van der Waals surface area contributed by atoms with Gasteiger partial charge in [-0.1, -0.05) is 42.5 Å². The molecule has 0 aliphatic heterocycles. The number of hydrogen-bond acceptors (Lipinski definition) is 1. The molecule has 0 unspecified atom stereocenters. The topological polar surface area (TPSA) is 17.3 Å². The number of fused-ring (bicyclic) bond motifs is 9. The molecular weight excluding hydrogens is 292 g/mol. The summed E-state index contributed by atoms with van der Waals surface area (Å²) in [6.07, 6.45) is 4.97. The Bertz CT molecular complexity index is 1280. The predicted octanol–water partition coefficient (Wildman–Crippen LogP) is 5.21. The van der Waals surface area contributed by atoms with Crippen molar-refractivity contribution in [3.63, 3.8) is 0 Å². The Morgan fingerprint density at radius 1 is 0.750 bits per heavy atom. The third kappa shape index (κ3) is 1.43. The summed E-state index contributed by atoms with van der Waals surface area (Å²) in [4.78, 5) is 4.64. The molecule has 0 N–H and O–H groups in total. The minimum Gasteiger partial charge on any atom is -0.299 e. The van der Waals surface area contributed by atoms with Crippen molar-refractivity contribution in [3.05, 3.63) is 84.2 Å². The van der Waals surface area contributed by atoms with Gasteiger partial charge in [-0.3, -0.25) is 4.40 Å². The van der Waals surface area contributed by atoms with Crippen LogP contribution in [-0.4, -0.2) is 9.38 Å². The largest absolute Gasteiger partial charge is 0.299 e. The number of hydrogen-bond donors (Lipinski definition) is 0. The maximum Gasteiger partial charge on any atom is 0.145 e. The van der Waals surface area contributed by atoms with E-state index in [1.165, 1.54) is 43.9 Å². The summed E-state index contributed by atoms with van der Waals surface area (Å²) in [5, 5.41) is 3.82. The number of aromatic nitrogens is 2. The molecule has 24 heavy (non-hydrogen) atoms. The molecule has 0 fully saturated rings. The molecule has 0 bridgehead atoms. The van der Waals surface area contributed by atoms with Crippen molar-refractivity contribution in [2.24, 2.45) is 0 Å². The molecule has 112 valence electrons. The first kappa shape index (κ1) is 12.3. The van der Waals surface area contributed by atoms with E-state index in [2.05, 4.69) is 76.2 Å². The SMILES string of the molecule is c1ccc2c(c1)Cc1cc3c4ccccc4n4ccnc4c3cc1-2. The molecule has 6 rings (SSSR count). The lowest BCUT2D eigenvalue weighted by Gasteiger charge is -2.10. The summed E-state index contributed by atoms with van der Waals surface area (Å²) in [6.45, 7) is 0. The molecule has 0 saturated carbocycles. The maximum absolute atomic E-state index is 4.64. The Hall–Kier alpha value is -3.13. The highest BCUT2D eigenvalue weighted by molar-refractivity contribution is 6.13. The first-order chi connectivity index (χ1) is 11.9. The lowest BCUT2D eigenvalue weighted by molar-refractivity contribution is 1.26. The molecule has 0 saturated heterocycles. The zero-order valence-corrected chi connectivity index (χ0v) is 13.0. The van der Waals surface area contributed by atoms with Gasteiger partial charge >= 0.3 is 0 Å². The highest BCUT2D eigenvalue weighted by Gasteiger charge is 2.20. The highest BCUT2D eigenvalue weighted by atomic mass is 15.0. The van der Waals surface area contributed by atoms with Crippen LogP contribution in [0.2, 0.25) is 0 Å². The Morgan fingerprint density at radius 3 is 2.62 bits per heavy atom. The van der Waals surface area contributed by atoms with E-state index in [4.69, 9.17) is 0 Å². The van der Waals surface area contributed by atoms with Gasteiger partial charge in [0, 0.05) is 23.2 Å². The van der Waals surface area contributed by atoms with Crippen LogP contribution >= 0.6 is 0 Å². The zero-order valence-electron chi connectivity index (χ0n) is 13.0. The Labute approximate surface area is 139 Å². The van der Waals surface area contributed by atoms with Gasteiger partial charge in [-0.2, -0.15) is 0 Å². The predicted molar refractivity (Wildman–Crippen MR) is 98.4 cm³/mol. The molecule has 0 spiro atoms. The molecule has 1 aliphatic carbocycles. The number of rotatable bonds is 0. The molecule has 2 heteroatoms. The van der Waals surface area contributed by atoms with E-state index in [9.17, 15) is 0 Å². The van der Waals surface area contributed by atoms with Crippen molar-refractivity contribution in [3.8, 4) is 11.1 Å². The minimum atomic E-state index is 1.02. The standard InChI is InChI=1S/C22H14N2/c1-2-6-16-14(5-1)11-15-12-19-17-7-3-4-8-21(17)24-10-9-23-22(24)20(19)13-18(15)16/h1-10,12-13H,11H2. The van der Waals surface area contributed by atoms with E-state index in [0.29, 0.717) is 0 Å². The van der Waals surface area contributed by atoms with Crippen LogP contribution in [0.15, 0.2) is 73.1 Å². The number of imidazole rings is 1. The fraction of sp³-hybridized carbons (Fsp3) is 0.0455. The zero-order chi connectivity index (χ0) is 15.7. The Balaban J connectivity index is 1.85. The highest BCUT2D eigenvalue weighted by Crippen LogP contribution is 2.41. The van der Waals surface area contributed by atoms with Crippen LogP contribution in [0.4, 0.5) is 0 Å². The third-order valence-electron chi connectivity index (χ3n) is 5.27. The third-order valence-corrected chi connectivity index (χ3v) is 5.27. The van der Waals surface area contributed by atoms with Crippen molar-refractivity contribution >= 4 is 27.3 Å². The minimum absolute atomic E-state index is 1.02. The number of para-hydroxylation sites is 1. The van der Waals surface area contributed by atoms with Crippen LogP contribution in [0.25, 0.3) is 38.4 Å². The van der Waals surface area contributed by atoms with Crippen LogP contribution in [0.5, 0.6) is 0 Å². The number of benzene rings is 3. The molecular formula is C22H14N2. The van der Waals surface area contributed by atoms with Crippen LogP contribution < -0.4 is 0 Å². The van der Waals surface area contributed by atoms with Gasteiger partial charge in [-0.15, -0.1) is 0 Å². The summed E-state index contributed by atoms with van der Waals surface area (Å²) in [5.74, 6) is 0. The summed E-state index contributed by atoms with van der Waals surface area (Å²) >= 11 is 0. The fourth-order valence-electron chi connectivity index (χ4n) is 4.20. The van der Waals surface area contributed by atoms with Crippen molar-refractivity contribution < 1.29 is 0 Å². The number of nitrogens with zero attached hydrogens (tertiary/aromatic N) is 2. The monoisotopic (exact) mass is 306 g/mol. The second kappa shape index (κ2) is 4.24. The van der Waals surface area contributed by atoms with Gasteiger partial charge in [-0.25, -0.2) is 4.98 Å². The summed E-state index contributed by atoms with van der Waals surface area (Å²) < 4.78 is 2.20. The quantitative estimate of drug-likeness (QED) is 0.352. The average molecular weight is 306 g/mol. The molecule has 0 amide bonds. The van der Waals surface area contributed by atoms with E-state index in [1.807, 2.05) is 6.20 Å². The summed E-state index contributed by atoms with van der Waals surface area (Å²) in [5.41, 5.74) is 7.82. The lowest BCUT2D eigenvalue weighted by Crippen LogP contribution is -1.92. The second-order valence-electron chi connectivity index (χ2n) is 6.53. The van der Waals surface area contributed by atoms with Crippen molar-refractivity contribution in [1.82, 2.24) is 9.38 Å². The van der Waals surface area contributed by atoms with Crippen LogP contribution in [0.3, 0.4) is 0 Å². The van der Waals surface area contributed by atoms with Gasteiger partial charge in [-0.05, 0) is 52.3 Å². The van der Waals surface area contributed by atoms with Crippen LogP contribution in [0, 0.1) is 0 Å². The molecule has 2 heterocycles. The molecule has 2 nitrogen and oxygen atoms in total. The van der Waals surface area contributed by atoms with Crippen LogP contribution in [0.1, 0.15) is 11.1 Å². The van der Waals surface area contributed by atoms with Crippen molar-refractivity contribution in [1.29, 1.82) is 0 Å². The molecule has 0 radical (unpaired) electrons. The Kier molecular flexibility index (Phi) is 2.17. The molecule has 3 aromatic carbocycles. The average Bonchev–Trinajstić information content (AvgIpc) is 3.25. The Morgan fingerprint density at radius 2 is 1.62 bits per heavy atom. The van der Waals surface area contributed by atoms with Crippen LogP contribution in [-0.2, 0) is 6.42 Å². The molecule has 1 aliphatic rings. The van der Waals surface area contributed by atoms with Gasteiger partial charge in [0.25, 0.3) is 0 Å². The van der Waals surface area contributed by atoms with Crippen molar-refractivity contribution in [2.45, 2.75) is 6.42 Å². The van der Waals surface area contributed by atoms with Crippen molar-refractivity contribution in [2.75, 3.05) is 0 Å². The maximum atomic E-state index is 4.64. The molecule has 2 aromatic heterocycles. The van der Waals surface area contributed by atoms with Gasteiger partial charge in [0.05, 0.1) is 5.52 Å². The smallest absolute Gasteiger partial charge is 0.145 e. The van der Waals surface area contributed by atoms with Gasteiger partial charge in [0.15, 0.2) is 0 Å². The van der Waals surface area contributed by atoms with E-state index in [0.717, 1.165) is 12.1 Å². The first-order valence-corrected chi connectivity index (χ1v) is 8.29. The summed E-state index contributed by atoms with van der Waals surface area (Å²) in [6, 6.07) is 22.0. The first-order valence-electron chi connectivity index (χ1n) is 8.29. The van der Waals surface area contributed by atoms with Gasteiger partial charge in [0.1, 0.15) is 5.65 Å². The molecule has 0 atom stereocenters. The summed E-state index contributed by atoms with van der Waals surface area (Å²) in [7, 11) is 0. The lowest BCUT2D eigenvalue weighted by atomic mass is 9.98. The van der Waals surface area contributed by atoms with E-state index >= 15 is 0 Å². The van der Waals surface area contributed by atoms with E-state index in [1.54, 1.807) is 0 Å². The number of pyridine rings is 1. The second-order valence-corrected chi connectivity index (χ2v) is 6.53. The van der Waals surface area contributed by atoms with Gasteiger partial charge < -0.3 is 0 Å².